The predicted octanol–water partition coefficient (Wildman–Crippen LogP) is 5.36. The van der Waals surface area contributed by atoms with Crippen LogP contribution in [0, 0.1) is 0 Å². The van der Waals surface area contributed by atoms with Gasteiger partial charge in [-0.1, -0.05) is 23.2 Å². The summed E-state index contributed by atoms with van der Waals surface area (Å²) in [5, 5.41) is 1.52. The Morgan fingerprint density at radius 2 is 2.00 bits per heavy atom. The first-order valence-electron chi connectivity index (χ1n) is 7.97. The molecule has 134 valence electrons. The second-order valence-electron chi connectivity index (χ2n) is 7.08. The largest absolute Gasteiger partial charge is 0.495 e. The van der Waals surface area contributed by atoms with Crippen LogP contribution >= 0.6 is 23.2 Å². The van der Waals surface area contributed by atoms with Gasteiger partial charge in [0.25, 0.3) is 0 Å². The van der Waals surface area contributed by atoms with Gasteiger partial charge in [0.2, 0.25) is 0 Å². The van der Waals surface area contributed by atoms with E-state index in [1.54, 1.807) is 11.1 Å². The molecular weight excluding hydrogens is 363 g/mol. The molecule has 1 aromatic heterocycles. The Bertz CT molecular complexity index is 862. The molecule has 2 aromatic rings. The number of hydrogen-bond acceptors (Lipinski definition) is 4. The smallest absolute Gasteiger partial charge is 0.411 e. The van der Waals surface area contributed by atoms with Gasteiger partial charge >= 0.3 is 6.09 Å². The van der Waals surface area contributed by atoms with E-state index in [0.29, 0.717) is 27.9 Å². The number of fused-ring (bicyclic) bond motifs is 3. The van der Waals surface area contributed by atoms with E-state index >= 15 is 0 Å². The number of hydrogen-bond donors (Lipinski definition) is 0. The van der Waals surface area contributed by atoms with Crippen molar-refractivity contribution in [3.63, 3.8) is 0 Å². The fourth-order valence-corrected chi connectivity index (χ4v) is 3.49. The van der Waals surface area contributed by atoms with E-state index in [4.69, 9.17) is 32.7 Å². The first-order chi connectivity index (χ1) is 11.6. The maximum absolute atomic E-state index is 12.5. The monoisotopic (exact) mass is 382 g/mol. The average Bonchev–Trinajstić information content (AvgIpc) is 2.86. The number of rotatable bonds is 1. The number of halogens is 2. The highest BCUT2D eigenvalue weighted by atomic mass is 35.5. The third-order valence-electron chi connectivity index (χ3n) is 4.25. The van der Waals surface area contributed by atoms with E-state index in [1.807, 2.05) is 33.8 Å². The van der Waals surface area contributed by atoms with Gasteiger partial charge in [0.05, 0.1) is 30.2 Å². The zero-order chi connectivity index (χ0) is 18.5. The van der Waals surface area contributed by atoms with Crippen molar-refractivity contribution in [2.24, 2.45) is 0 Å². The van der Waals surface area contributed by atoms with Crippen molar-refractivity contribution in [1.29, 1.82) is 0 Å². The van der Waals surface area contributed by atoms with E-state index in [2.05, 4.69) is 4.98 Å². The van der Waals surface area contributed by atoms with Gasteiger partial charge in [-0.25, -0.2) is 4.79 Å². The number of ether oxygens (including phenoxy) is 2. The third-order valence-corrected chi connectivity index (χ3v) is 5.09. The quantitative estimate of drug-likeness (QED) is 0.665. The number of carbonyl (C=O) groups excluding carboxylic acids is 1. The van der Waals surface area contributed by atoms with Gasteiger partial charge in [-0.05, 0) is 44.9 Å². The molecule has 5 nitrogen and oxygen atoms in total. The van der Waals surface area contributed by atoms with Crippen LogP contribution in [0.25, 0.3) is 10.9 Å². The SMILES string of the molecule is COc1cc2c3c(cnc2c(Cl)c1Cl)C(C)N(C(=O)OC(C)(C)C)C3. The Morgan fingerprint density at radius 3 is 2.60 bits per heavy atom. The molecule has 0 fully saturated rings. The minimum atomic E-state index is -0.550. The van der Waals surface area contributed by atoms with E-state index in [9.17, 15) is 4.79 Å². The predicted molar refractivity (Wildman–Crippen MR) is 98.5 cm³/mol. The van der Waals surface area contributed by atoms with Crippen molar-refractivity contribution in [2.45, 2.75) is 45.9 Å². The molecule has 1 unspecified atom stereocenters. The fraction of sp³-hybridized carbons (Fsp3) is 0.444. The Balaban J connectivity index is 2.08. The molecule has 0 aliphatic carbocycles. The molecule has 7 heteroatoms. The molecule has 1 atom stereocenters. The van der Waals surface area contributed by atoms with Crippen molar-refractivity contribution in [3.8, 4) is 5.75 Å². The van der Waals surface area contributed by atoms with Crippen molar-refractivity contribution >= 4 is 40.2 Å². The van der Waals surface area contributed by atoms with Crippen molar-refractivity contribution in [1.82, 2.24) is 9.88 Å². The summed E-state index contributed by atoms with van der Waals surface area (Å²) in [6, 6.07) is 1.68. The van der Waals surface area contributed by atoms with Gasteiger partial charge in [-0.2, -0.15) is 0 Å². The highest BCUT2D eigenvalue weighted by molar-refractivity contribution is 6.46. The lowest BCUT2D eigenvalue weighted by molar-refractivity contribution is 0.0188. The molecule has 3 rings (SSSR count). The molecule has 0 saturated carbocycles. The number of pyridine rings is 1. The van der Waals surface area contributed by atoms with Gasteiger partial charge in [-0.15, -0.1) is 0 Å². The highest BCUT2D eigenvalue weighted by Gasteiger charge is 2.35. The minimum absolute atomic E-state index is 0.137. The zero-order valence-corrected chi connectivity index (χ0v) is 16.3. The molecule has 1 aromatic carbocycles. The lowest BCUT2D eigenvalue weighted by Crippen LogP contribution is -2.35. The molecule has 1 aliphatic rings. The van der Waals surface area contributed by atoms with E-state index in [1.165, 1.54) is 7.11 Å². The molecule has 1 aliphatic heterocycles. The van der Waals surface area contributed by atoms with Crippen LogP contribution in [0.5, 0.6) is 5.75 Å². The molecule has 0 saturated heterocycles. The summed E-state index contributed by atoms with van der Waals surface area (Å²) in [5.74, 6) is 0.484. The molecule has 0 bridgehead atoms. The fourth-order valence-electron chi connectivity index (χ4n) is 3.02. The number of carbonyl (C=O) groups is 1. The normalized spacial score (nSPS) is 16.9. The van der Waals surface area contributed by atoms with Crippen LogP contribution in [0.15, 0.2) is 12.3 Å². The minimum Gasteiger partial charge on any atom is -0.495 e. The maximum Gasteiger partial charge on any atom is 0.411 e. The number of nitrogens with zero attached hydrogens (tertiary/aromatic N) is 2. The Labute approximate surface area is 156 Å². The Hall–Kier alpha value is -1.72. The summed E-state index contributed by atoms with van der Waals surface area (Å²) in [4.78, 5) is 18.7. The lowest BCUT2D eigenvalue weighted by Gasteiger charge is -2.27. The molecule has 0 radical (unpaired) electrons. The van der Waals surface area contributed by atoms with Crippen LogP contribution in [0.2, 0.25) is 10.0 Å². The molecule has 1 amide bonds. The van der Waals surface area contributed by atoms with Crippen LogP contribution in [0.1, 0.15) is 44.9 Å². The van der Waals surface area contributed by atoms with Crippen molar-refractivity contribution in [3.05, 3.63) is 33.4 Å². The van der Waals surface area contributed by atoms with Gasteiger partial charge in [0.1, 0.15) is 16.4 Å². The van der Waals surface area contributed by atoms with E-state index < -0.39 is 5.60 Å². The Kier molecular flexibility index (Phi) is 4.50. The summed E-state index contributed by atoms with van der Waals surface area (Å²) in [7, 11) is 1.54. The number of aromatic nitrogens is 1. The average molecular weight is 383 g/mol. The lowest BCUT2D eigenvalue weighted by atomic mass is 10.0. The van der Waals surface area contributed by atoms with Crippen LogP contribution in [-0.2, 0) is 11.3 Å². The summed E-state index contributed by atoms with van der Waals surface area (Å²) < 4.78 is 10.8. The molecule has 0 spiro atoms. The van der Waals surface area contributed by atoms with Gasteiger partial charge in [0, 0.05) is 11.6 Å². The van der Waals surface area contributed by atoms with Crippen LogP contribution in [0.4, 0.5) is 4.79 Å². The van der Waals surface area contributed by atoms with Crippen molar-refractivity contribution < 1.29 is 14.3 Å². The summed E-state index contributed by atoms with van der Waals surface area (Å²) >= 11 is 12.6. The van der Waals surface area contributed by atoms with E-state index in [-0.39, 0.29) is 12.1 Å². The summed E-state index contributed by atoms with van der Waals surface area (Å²) in [5.41, 5.74) is 2.01. The second-order valence-corrected chi connectivity index (χ2v) is 7.84. The van der Waals surface area contributed by atoms with E-state index in [0.717, 1.165) is 16.5 Å². The summed E-state index contributed by atoms with van der Waals surface area (Å²) in [6.45, 7) is 7.93. The topological polar surface area (TPSA) is 51.7 Å². The second kappa shape index (κ2) is 6.22. The van der Waals surface area contributed by atoms with Crippen LogP contribution in [-0.4, -0.2) is 28.7 Å². The first kappa shape index (κ1) is 18.1. The summed E-state index contributed by atoms with van der Waals surface area (Å²) in [6.07, 6.45) is 1.40. The molecule has 0 N–H and O–H groups in total. The third kappa shape index (κ3) is 3.11. The molecular formula is C18H20Cl2N2O3. The van der Waals surface area contributed by atoms with Gasteiger partial charge < -0.3 is 9.47 Å². The van der Waals surface area contributed by atoms with Gasteiger partial charge in [-0.3, -0.25) is 9.88 Å². The molecule has 25 heavy (non-hydrogen) atoms. The first-order valence-corrected chi connectivity index (χ1v) is 8.72. The Morgan fingerprint density at radius 1 is 1.32 bits per heavy atom. The van der Waals surface area contributed by atoms with Crippen molar-refractivity contribution in [2.75, 3.05) is 7.11 Å². The van der Waals surface area contributed by atoms with Crippen LogP contribution < -0.4 is 4.74 Å². The standard InChI is InChI=1S/C18H20Cl2N2O3/c1-9-11-7-21-16-10(6-13(24-5)14(19)15(16)20)12(11)8-22(9)17(23)25-18(2,3)4/h6-7,9H,8H2,1-5H3. The number of methoxy groups -OCH3 is 1. The highest BCUT2D eigenvalue weighted by Crippen LogP contribution is 2.43. The zero-order valence-electron chi connectivity index (χ0n) is 14.8. The number of benzene rings is 1. The van der Waals surface area contributed by atoms with Gasteiger partial charge in [0.15, 0.2) is 0 Å². The number of amides is 1. The molecule has 2 heterocycles. The maximum atomic E-state index is 12.5. The van der Waals surface area contributed by atoms with Crippen LogP contribution in [0.3, 0.4) is 0 Å².